The Kier molecular flexibility index (Phi) is 6.14. The van der Waals surface area contributed by atoms with Gasteiger partial charge in [-0.3, -0.25) is 14.0 Å². The summed E-state index contributed by atoms with van der Waals surface area (Å²) in [6.45, 7) is 9.84. The van der Waals surface area contributed by atoms with Crippen LogP contribution in [-0.4, -0.2) is 30.3 Å². The van der Waals surface area contributed by atoms with Crippen molar-refractivity contribution in [2.75, 3.05) is 5.32 Å². The molecule has 0 saturated heterocycles. The first-order valence-electron chi connectivity index (χ1n) is 11.8. The van der Waals surface area contributed by atoms with Crippen LogP contribution in [0.25, 0.3) is 22.4 Å². The Balaban J connectivity index is 1.59. The van der Waals surface area contributed by atoms with Crippen LogP contribution < -0.4 is 10.9 Å². The van der Waals surface area contributed by atoms with Gasteiger partial charge >= 0.3 is 0 Å². The van der Waals surface area contributed by atoms with Crippen LogP contribution in [0.2, 0.25) is 0 Å². The molecule has 1 atom stereocenters. The van der Waals surface area contributed by atoms with Crippen molar-refractivity contribution >= 4 is 40.0 Å². The summed E-state index contributed by atoms with van der Waals surface area (Å²) in [5, 5.41) is 12.5. The molecule has 0 saturated carbocycles. The standard InChI is InChI=1S/C28H27N5O2S/c1-16-10-12-22(18(3)14-16)29-25(34)20(5)36-28-31-30-27-32(23-13-11-17(2)15-19(23)4)26(35)21-8-6-7-9-24(21)33(27)28/h6-15,20H,1-5H3,(H,29,34). The lowest BCUT2D eigenvalue weighted by Crippen LogP contribution is -2.24. The van der Waals surface area contributed by atoms with Crippen LogP contribution in [0, 0.1) is 27.7 Å². The Labute approximate surface area is 213 Å². The normalized spacial score (nSPS) is 12.2. The summed E-state index contributed by atoms with van der Waals surface area (Å²) < 4.78 is 3.47. The summed E-state index contributed by atoms with van der Waals surface area (Å²) in [5.74, 6) is 0.283. The Morgan fingerprint density at radius 2 is 1.61 bits per heavy atom. The molecule has 3 aromatic carbocycles. The van der Waals surface area contributed by atoms with Crippen molar-refractivity contribution in [3.8, 4) is 5.69 Å². The molecule has 1 amide bonds. The molecule has 5 aromatic rings. The topological polar surface area (TPSA) is 81.3 Å². The summed E-state index contributed by atoms with van der Waals surface area (Å²) in [6.07, 6.45) is 0. The number of nitrogens with one attached hydrogen (secondary N) is 1. The van der Waals surface area contributed by atoms with Gasteiger partial charge in [0, 0.05) is 5.69 Å². The van der Waals surface area contributed by atoms with Crippen LogP contribution in [0.3, 0.4) is 0 Å². The Bertz CT molecular complexity index is 1700. The van der Waals surface area contributed by atoms with Gasteiger partial charge in [-0.2, -0.15) is 0 Å². The smallest absolute Gasteiger partial charge is 0.267 e. The highest BCUT2D eigenvalue weighted by Crippen LogP contribution is 2.28. The minimum Gasteiger partial charge on any atom is -0.325 e. The quantitative estimate of drug-likeness (QED) is 0.330. The number of rotatable bonds is 5. The zero-order valence-corrected chi connectivity index (χ0v) is 21.7. The van der Waals surface area contributed by atoms with Gasteiger partial charge in [0.2, 0.25) is 11.7 Å². The lowest BCUT2D eigenvalue weighted by atomic mass is 10.1. The first-order valence-corrected chi connectivity index (χ1v) is 12.6. The zero-order valence-electron chi connectivity index (χ0n) is 20.9. The molecule has 0 fully saturated rings. The molecule has 0 spiro atoms. The van der Waals surface area contributed by atoms with Crippen molar-refractivity contribution in [3.63, 3.8) is 0 Å². The van der Waals surface area contributed by atoms with Crippen LogP contribution in [-0.2, 0) is 4.79 Å². The third kappa shape index (κ3) is 4.18. The van der Waals surface area contributed by atoms with Crippen LogP contribution in [0.5, 0.6) is 0 Å². The fourth-order valence-electron chi connectivity index (χ4n) is 4.43. The monoisotopic (exact) mass is 497 g/mol. The van der Waals surface area contributed by atoms with E-state index < -0.39 is 5.25 Å². The Hall–Kier alpha value is -3.91. The molecule has 5 rings (SSSR count). The predicted molar refractivity (Wildman–Crippen MR) is 145 cm³/mol. The summed E-state index contributed by atoms with van der Waals surface area (Å²) in [4.78, 5) is 26.6. The summed E-state index contributed by atoms with van der Waals surface area (Å²) in [5.41, 5.74) is 6.32. The molecule has 2 heterocycles. The van der Waals surface area contributed by atoms with Crippen LogP contribution in [0.4, 0.5) is 5.69 Å². The second-order valence-electron chi connectivity index (χ2n) is 9.13. The van der Waals surface area contributed by atoms with Crippen LogP contribution in [0.1, 0.15) is 29.2 Å². The molecule has 0 aliphatic carbocycles. The number of benzene rings is 3. The van der Waals surface area contributed by atoms with E-state index in [0.717, 1.165) is 33.6 Å². The largest absolute Gasteiger partial charge is 0.325 e. The fourth-order valence-corrected chi connectivity index (χ4v) is 5.28. The van der Waals surface area contributed by atoms with E-state index in [1.807, 2.05) is 99.7 Å². The van der Waals surface area contributed by atoms with Gasteiger partial charge in [0.25, 0.3) is 5.56 Å². The number of aromatic nitrogens is 4. The Morgan fingerprint density at radius 1 is 0.917 bits per heavy atom. The number of carbonyl (C=O) groups excluding carboxylic acids is 1. The molecule has 0 bridgehead atoms. The van der Waals surface area contributed by atoms with Gasteiger partial charge in [0.15, 0.2) is 5.16 Å². The van der Waals surface area contributed by atoms with E-state index in [0.29, 0.717) is 21.8 Å². The van der Waals surface area contributed by atoms with E-state index in [9.17, 15) is 9.59 Å². The zero-order chi connectivity index (χ0) is 25.6. The average Bonchev–Trinajstić information content (AvgIpc) is 3.25. The lowest BCUT2D eigenvalue weighted by molar-refractivity contribution is -0.115. The SMILES string of the molecule is Cc1ccc(NC(=O)C(C)Sc2nnc3n(-c4ccc(C)cc4C)c(=O)c4ccccc4n23)c(C)c1. The summed E-state index contributed by atoms with van der Waals surface area (Å²) in [7, 11) is 0. The van der Waals surface area contributed by atoms with Gasteiger partial charge in [-0.1, -0.05) is 59.3 Å². The maximum absolute atomic E-state index is 13.6. The van der Waals surface area contributed by atoms with Crippen molar-refractivity contribution in [3.05, 3.63) is 93.3 Å². The third-order valence-corrected chi connectivity index (χ3v) is 7.32. The molecule has 36 heavy (non-hydrogen) atoms. The van der Waals surface area contributed by atoms with Gasteiger partial charge < -0.3 is 5.32 Å². The first kappa shape index (κ1) is 23.8. The molecule has 8 heteroatoms. The molecule has 1 N–H and O–H groups in total. The van der Waals surface area contributed by atoms with E-state index in [-0.39, 0.29) is 11.5 Å². The van der Waals surface area contributed by atoms with E-state index in [4.69, 9.17) is 0 Å². The maximum atomic E-state index is 13.6. The number of aryl methyl sites for hydroxylation is 4. The van der Waals surface area contributed by atoms with E-state index in [1.54, 1.807) is 4.57 Å². The van der Waals surface area contributed by atoms with Crippen molar-refractivity contribution in [2.45, 2.75) is 45.0 Å². The number of para-hydroxylation sites is 1. The van der Waals surface area contributed by atoms with Crippen molar-refractivity contribution in [2.24, 2.45) is 0 Å². The molecular weight excluding hydrogens is 470 g/mol. The summed E-state index contributed by atoms with van der Waals surface area (Å²) in [6, 6.07) is 19.3. The molecule has 182 valence electrons. The number of fused-ring (bicyclic) bond motifs is 3. The Morgan fingerprint density at radius 3 is 2.33 bits per heavy atom. The molecular formula is C28H27N5O2S. The minimum atomic E-state index is -0.446. The second-order valence-corrected chi connectivity index (χ2v) is 10.4. The van der Waals surface area contributed by atoms with E-state index in [1.165, 1.54) is 11.8 Å². The average molecular weight is 498 g/mol. The van der Waals surface area contributed by atoms with E-state index >= 15 is 0 Å². The van der Waals surface area contributed by atoms with Crippen LogP contribution in [0.15, 0.2) is 70.6 Å². The molecule has 0 radical (unpaired) electrons. The second kappa shape index (κ2) is 9.28. The molecule has 0 aliphatic rings. The van der Waals surface area contributed by atoms with Crippen molar-refractivity contribution in [1.29, 1.82) is 0 Å². The van der Waals surface area contributed by atoms with Crippen LogP contribution >= 0.6 is 11.8 Å². The van der Waals surface area contributed by atoms with Gasteiger partial charge in [0.1, 0.15) is 0 Å². The first-order chi connectivity index (χ1) is 17.2. The molecule has 7 nitrogen and oxygen atoms in total. The van der Waals surface area contributed by atoms with Crippen molar-refractivity contribution in [1.82, 2.24) is 19.2 Å². The predicted octanol–water partition coefficient (Wildman–Crippen LogP) is 5.39. The van der Waals surface area contributed by atoms with Gasteiger partial charge in [-0.05, 0) is 70.0 Å². The highest BCUT2D eigenvalue weighted by molar-refractivity contribution is 8.00. The number of amides is 1. The van der Waals surface area contributed by atoms with Gasteiger partial charge in [-0.25, -0.2) is 4.57 Å². The number of hydrogen-bond donors (Lipinski definition) is 1. The number of anilines is 1. The number of carbonyl (C=O) groups is 1. The highest BCUT2D eigenvalue weighted by Gasteiger charge is 2.23. The minimum absolute atomic E-state index is 0.129. The number of thioether (sulfide) groups is 1. The van der Waals surface area contributed by atoms with E-state index in [2.05, 4.69) is 15.5 Å². The highest BCUT2D eigenvalue weighted by atomic mass is 32.2. The fraction of sp³-hybridized carbons (Fsp3) is 0.214. The number of nitrogens with zero attached hydrogens (tertiary/aromatic N) is 4. The van der Waals surface area contributed by atoms with Gasteiger partial charge in [0.05, 0.1) is 21.8 Å². The summed E-state index contributed by atoms with van der Waals surface area (Å²) >= 11 is 1.31. The molecule has 1 unspecified atom stereocenters. The maximum Gasteiger partial charge on any atom is 0.267 e. The lowest BCUT2D eigenvalue weighted by Gasteiger charge is -2.15. The van der Waals surface area contributed by atoms with Crippen molar-refractivity contribution < 1.29 is 4.79 Å². The third-order valence-electron chi connectivity index (χ3n) is 6.28. The van der Waals surface area contributed by atoms with Gasteiger partial charge in [-0.15, -0.1) is 10.2 Å². The number of hydrogen-bond acceptors (Lipinski definition) is 5. The molecule has 2 aromatic heterocycles. The molecule has 0 aliphatic heterocycles.